The van der Waals surface area contributed by atoms with Crippen LogP contribution in [0.3, 0.4) is 0 Å². The van der Waals surface area contributed by atoms with E-state index in [2.05, 4.69) is 327 Å². The van der Waals surface area contributed by atoms with Crippen LogP contribution in [0.2, 0.25) is 0 Å². The first-order chi connectivity index (χ1) is 38.1. The summed E-state index contributed by atoms with van der Waals surface area (Å²) >= 11 is 0. The average molecular weight is 983 g/mol. The zero-order valence-electron chi connectivity index (χ0n) is 42.8. The molecule has 4 heteroatoms. The minimum atomic E-state index is 1.02. The largest absolute Gasteiger partial charge is 0.355 e. The van der Waals surface area contributed by atoms with Crippen LogP contribution in [0.15, 0.2) is 297 Å². The van der Waals surface area contributed by atoms with E-state index in [-0.39, 0.29) is 0 Å². The van der Waals surface area contributed by atoms with Crippen molar-refractivity contribution < 1.29 is 0 Å². The van der Waals surface area contributed by atoms with Crippen LogP contribution in [0, 0.1) is 6.92 Å². The van der Waals surface area contributed by atoms with Gasteiger partial charge in [0.05, 0.1) is 0 Å². The van der Waals surface area contributed by atoms with Gasteiger partial charge in [-0.2, -0.15) is 0 Å². The lowest BCUT2D eigenvalue weighted by molar-refractivity contribution is 1.25. The zero-order valence-corrected chi connectivity index (χ0v) is 42.8. The van der Waals surface area contributed by atoms with Gasteiger partial charge in [-0.05, 0) is 158 Å². The molecule has 1 radical (unpaired) electrons. The molecule has 363 valence electrons. The summed E-state index contributed by atoms with van der Waals surface area (Å²) in [7, 11) is 2.41. The zero-order chi connectivity index (χ0) is 51.5. The molecule has 12 aromatic rings. The smallest absolute Gasteiger partial charge is 0.197 e. The Morgan fingerprint density at radius 2 is 0.766 bits per heavy atom. The summed E-state index contributed by atoms with van der Waals surface area (Å²) in [4.78, 5) is 4.88. The van der Waals surface area contributed by atoms with Crippen molar-refractivity contribution in [3.05, 3.63) is 303 Å². The number of anilines is 8. The predicted molar refractivity (Wildman–Crippen MR) is 328 cm³/mol. The van der Waals surface area contributed by atoms with Gasteiger partial charge in [-0.15, -0.1) is 0 Å². The molecular weight excluding hydrogens is 930 g/mol. The van der Waals surface area contributed by atoms with Gasteiger partial charge in [0, 0.05) is 51.1 Å². The van der Waals surface area contributed by atoms with Crippen LogP contribution in [0.5, 0.6) is 0 Å². The lowest BCUT2D eigenvalue weighted by Crippen LogP contribution is -2.41. The molecule has 0 amide bonds. The van der Waals surface area contributed by atoms with Gasteiger partial charge in [-0.25, -0.2) is 0 Å². The van der Waals surface area contributed by atoms with Crippen LogP contribution in [0.4, 0.5) is 45.5 Å². The lowest BCUT2D eigenvalue weighted by Gasteiger charge is -2.37. The van der Waals surface area contributed by atoms with Crippen molar-refractivity contribution in [2.45, 2.75) is 6.92 Å². The van der Waals surface area contributed by atoms with Gasteiger partial charge < -0.3 is 15.1 Å². The number of hydrogen-bond donors (Lipinski definition) is 1. The summed E-state index contributed by atoms with van der Waals surface area (Å²) in [6, 6.07) is 107. The summed E-state index contributed by atoms with van der Waals surface area (Å²) in [5.41, 5.74) is 26.0. The highest BCUT2D eigenvalue weighted by atomic mass is 15.2. The summed E-state index contributed by atoms with van der Waals surface area (Å²) in [5, 5.41) is 3.92. The molecule has 0 aliphatic carbocycles. The molecule has 0 unspecified atom stereocenters. The second kappa shape index (κ2) is 20.8. The fourth-order valence-electron chi connectivity index (χ4n) is 10.9. The van der Waals surface area contributed by atoms with Crippen molar-refractivity contribution >= 4 is 63.7 Å². The Balaban J connectivity index is 0.983. The Hall–Kier alpha value is -9.90. The molecule has 3 nitrogen and oxygen atoms in total. The first kappa shape index (κ1) is 46.9. The Morgan fingerprint density at radius 3 is 1.31 bits per heavy atom. The maximum absolute atomic E-state index is 3.92. The molecule has 0 saturated heterocycles. The molecule has 1 heterocycles. The topological polar surface area (TPSA) is 18.5 Å². The van der Waals surface area contributed by atoms with Gasteiger partial charge in [0.25, 0.3) is 0 Å². The summed E-state index contributed by atoms with van der Waals surface area (Å²) in [5.74, 6) is 0. The molecular formula is C73H53BN3. The lowest BCUT2D eigenvalue weighted by atomic mass is 9.58. The molecule has 0 bridgehead atoms. The van der Waals surface area contributed by atoms with Gasteiger partial charge in [0.15, 0.2) is 7.28 Å². The molecule has 0 aromatic heterocycles. The second-order valence-corrected chi connectivity index (χ2v) is 19.7. The molecule has 0 saturated carbocycles. The van der Waals surface area contributed by atoms with Crippen molar-refractivity contribution in [1.82, 2.24) is 0 Å². The third-order valence-corrected chi connectivity index (χ3v) is 14.7. The number of rotatable bonds is 12. The fraction of sp³-hybridized carbons (Fsp3) is 0.0137. The van der Waals surface area contributed by atoms with E-state index in [1.807, 2.05) is 0 Å². The molecule has 0 spiro atoms. The molecule has 12 aromatic carbocycles. The number of benzene rings is 12. The van der Waals surface area contributed by atoms with Crippen LogP contribution in [-0.4, -0.2) is 7.28 Å². The quantitative estimate of drug-likeness (QED) is 0.123. The van der Waals surface area contributed by atoms with Crippen LogP contribution < -0.4 is 26.0 Å². The third-order valence-electron chi connectivity index (χ3n) is 14.7. The normalized spacial score (nSPS) is 11.5. The Morgan fingerprint density at radius 1 is 0.325 bits per heavy atom. The average Bonchev–Trinajstić information content (AvgIpc) is 3.52. The Bertz CT molecular complexity index is 3930. The van der Waals surface area contributed by atoms with E-state index < -0.39 is 0 Å². The highest BCUT2D eigenvalue weighted by Crippen LogP contribution is 2.45. The second-order valence-electron chi connectivity index (χ2n) is 19.7. The standard InChI is InChI=1S/C73H53BN3/c1-51-45-68(67-49-61(56-27-15-6-16-28-56)37-44-70(67)75-62-31-17-29-59(47-62)54-23-11-4-12-24-54)73-72(46-51)77(65-32-18-30-60(48-65)55-25-13-5-14-26-55)71-50-66(42-43-69(71)74-73)76(63-38-33-57(34-39-63)52-19-7-2-8-20-52)64-40-35-58(36-41-64)53-21-9-3-10-22-53/h2-50,75H,1H3. The van der Waals surface area contributed by atoms with Crippen LogP contribution in [0.1, 0.15) is 5.56 Å². The number of nitrogens with zero attached hydrogens (tertiary/aromatic N) is 2. The van der Waals surface area contributed by atoms with Crippen molar-refractivity contribution in [3.8, 4) is 66.8 Å². The van der Waals surface area contributed by atoms with Crippen LogP contribution in [0.25, 0.3) is 66.8 Å². The minimum Gasteiger partial charge on any atom is -0.355 e. The SMILES string of the molecule is Cc1cc(-c2cc(-c3ccccc3)ccc2Nc2cccc(-c3ccccc3)c2)c2c(c1)N(c1cccc(-c3ccccc3)c1)c1cc(N(c3ccc(-c4ccccc4)cc3)c3ccc(-c4ccccc4)cc3)ccc1[B]2. The van der Waals surface area contributed by atoms with Gasteiger partial charge in [-0.1, -0.05) is 224 Å². The Kier molecular flexibility index (Phi) is 12.6. The van der Waals surface area contributed by atoms with Gasteiger partial charge in [0.2, 0.25) is 0 Å². The first-order valence-corrected chi connectivity index (χ1v) is 26.4. The molecule has 1 N–H and O–H groups in total. The molecule has 1 aliphatic heterocycles. The van der Waals surface area contributed by atoms with Crippen molar-refractivity contribution in [3.63, 3.8) is 0 Å². The first-order valence-electron chi connectivity index (χ1n) is 26.4. The van der Waals surface area contributed by atoms with Gasteiger partial charge in [-0.3, -0.25) is 0 Å². The molecule has 77 heavy (non-hydrogen) atoms. The predicted octanol–water partition coefficient (Wildman–Crippen LogP) is 18.6. The van der Waals surface area contributed by atoms with Crippen molar-refractivity contribution in [2.24, 2.45) is 0 Å². The van der Waals surface area contributed by atoms with Gasteiger partial charge >= 0.3 is 0 Å². The van der Waals surface area contributed by atoms with E-state index in [0.717, 1.165) is 89.8 Å². The van der Waals surface area contributed by atoms with E-state index in [9.17, 15) is 0 Å². The van der Waals surface area contributed by atoms with E-state index in [1.165, 1.54) is 38.9 Å². The van der Waals surface area contributed by atoms with Crippen molar-refractivity contribution in [2.75, 3.05) is 15.1 Å². The minimum absolute atomic E-state index is 1.02. The number of nitrogens with one attached hydrogen (secondary N) is 1. The Labute approximate surface area is 452 Å². The van der Waals surface area contributed by atoms with Gasteiger partial charge in [0.1, 0.15) is 0 Å². The van der Waals surface area contributed by atoms with Crippen LogP contribution in [-0.2, 0) is 0 Å². The maximum Gasteiger partial charge on any atom is 0.197 e. The summed E-state index contributed by atoms with van der Waals surface area (Å²) in [6.07, 6.45) is 0. The molecule has 1 aliphatic rings. The van der Waals surface area contributed by atoms with Crippen LogP contribution >= 0.6 is 0 Å². The molecule has 13 rings (SSSR count). The van der Waals surface area contributed by atoms with E-state index in [4.69, 9.17) is 0 Å². The van der Waals surface area contributed by atoms with Crippen molar-refractivity contribution in [1.29, 1.82) is 0 Å². The number of aryl methyl sites for hydroxylation is 1. The summed E-state index contributed by atoms with van der Waals surface area (Å²) in [6.45, 7) is 2.23. The van der Waals surface area contributed by atoms with E-state index in [0.29, 0.717) is 0 Å². The fourth-order valence-corrected chi connectivity index (χ4v) is 10.9. The summed E-state index contributed by atoms with van der Waals surface area (Å²) < 4.78 is 0. The van der Waals surface area contributed by atoms with E-state index in [1.54, 1.807) is 0 Å². The molecule has 0 atom stereocenters. The maximum atomic E-state index is 3.92. The number of hydrogen-bond acceptors (Lipinski definition) is 3. The molecule has 0 fully saturated rings. The highest BCUT2D eigenvalue weighted by molar-refractivity contribution is 6.73. The number of fused-ring (bicyclic) bond motifs is 2. The monoisotopic (exact) mass is 982 g/mol. The van der Waals surface area contributed by atoms with E-state index >= 15 is 0 Å². The highest BCUT2D eigenvalue weighted by Gasteiger charge is 2.30. The third kappa shape index (κ3) is 9.61.